The smallest absolute Gasteiger partial charge is 0.239 e. The monoisotopic (exact) mass is 496 g/mol. The molecule has 0 aromatic heterocycles. The standard InChI is InChI=1S/C34H28N2O2/c1-20-8-15-25(16-9-20)35-19-34-24-13-11-23(12-14-24)29(26-6-4-5-7-27(26)34)30-31(34)33(38)36(32(30)37)28-17-10-21(2)18-22(28)3/h4-19,29-31H,1-3H3/t29-,30-,31+,34+/m0/s1. The summed E-state index contributed by atoms with van der Waals surface area (Å²) in [5, 5.41) is 0. The van der Waals surface area contributed by atoms with Crippen LogP contribution in [-0.2, 0) is 15.0 Å². The Morgan fingerprint density at radius 1 is 0.789 bits per heavy atom. The highest BCUT2D eigenvalue weighted by molar-refractivity contribution is 6.25. The average Bonchev–Trinajstić information content (AvgIpc) is 3.16. The molecule has 4 heteroatoms. The largest absolute Gasteiger partial charge is 0.274 e. The quantitative estimate of drug-likeness (QED) is 0.238. The first-order valence-corrected chi connectivity index (χ1v) is 13.2. The maximum Gasteiger partial charge on any atom is 0.239 e. The Balaban J connectivity index is 1.51. The van der Waals surface area contributed by atoms with E-state index in [1.807, 2.05) is 74.7 Å². The number of aliphatic imine (C=N–C) groups is 1. The van der Waals surface area contributed by atoms with Crippen LogP contribution in [0.3, 0.4) is 0 Å². The highest BCUT2D eigenvalue weighted by Crippen LogP contribution is 2.60. The third kappa shape index (κ3) is 3.00. The topological polar surface area (TPSA) is 49.7 Å². The van der Waals surface area contributed by atoms with Gasteiger partial charge in [-0.1, -0.05) is 83.9 Å². The van der Waals surface area contributed by atoms with Gasteiger partial charge in [0.1, 0.15) is 0 Å². The van der Waals surface area contributed by atoms with Gasteiger partial charge in [0.2, 0.25) is 11.8 Å². The zero-order valence-corrected chi connectivity index (χ0v) is 21.7. The van der Waals surface area contributed by atoms with E-state index in [-0.39, 0.29) is 17.7 Å². The number of imide groups is 1. The van der Waals surface area contributed by atoms with Crippen molar-refractivity contribution in [3.63, 3.8) is 0 Å². The van der Waals surface area contributed by atoms with Crippen LogP contribution < -0.4 is 4.90 Å². The van der Waals surface area contributed by atoms with Crippen molar-refractivity contribution in [2.45, 2.75) is 32.1 Å². The van der Waals surface area contributed by atoms with Gasteiger partial charge in [-0.3, -0.25) is 14.6 Å². The van der Waals surface area contributed by atoms with Crippen LogP contribution in [0.1, 0.15) is 44.9 Å². The Morgan fingerprint density at radius 2 is 1.50 bits per heavy atom. The SMILES string of the molecule is Cc1ccc(N=C[C@@]23c4ccc(cc4)[C@@H](c4ccccc42)[C@@H]2C(=O)N(c4ccc(C)cc4C)C(=O)[C@@H]23)cc1. The number of benzene rings is 4. The molecule has 0 saturated carbocycles. The normalized spacial score (nSPS) is 25.0. The fourth-order valence-corrected chi connectivity index (χ4v) is 7.03. The lowest BCUT2D eigenvalue weighted by Gasteiger charge is -2.48. The van der Waals surface area contributed by atoms with Gasteiger partial charge in [-0.15, -0.1) is 0 Å². The van der Waals surface area contributed by atoms with Gasteiger partial charge < -0.3 is 0 Å². The molecule has 4 aromatic rings. The molecule has 1 saturated heterocycles. The second-order valence-corrected chi connectivity index (χ2v) is 11.0. The van der Waals surface area contributed by atoms with Crippen LogP contribution in [-0.4, -0.2) is 18.0 Å². The van der Waals surface area contributed by atoms with E-state index >= 15 is 0 Å². The molecule has 4 atom stereocenters. The number of aryl methyl sites for hydroxylation is 3. The van der Waals surface area contributed by atoms with Gasteiger partial charge in [0.05, 0.1) is 28.6 Å². The Kier molecular flexibility index (Phi) is 4.87. The van der Waals surface area contributed by atoms with Gasteiger partial charge >= 0.3 is 0 Å². The zero-order valence-electron chi connectivity index (χ0n) is 21.7. The summed E-state index contributed by atoms with van der Waals surface area (Å²) in [5.41, 5.74) is 8.04. The Hall–Kier alpha value is -4.31. The van der Waals surface area contributed by atoms with Crippen LogP contribution in [0.25, 0.3) is 0 Å². The fourth-order valence-electron chi connectivity index (χ4n) is 7.03. The van der Waals surface area contributed by atoms with Crippen LogP contribution in [0.5, 0.6) is 0 Å². The molecule has 38 heavy (non-hydrogen) atoms. The van der Waals surface area contributed by atoms with E-state index in [1.54, 1.807) is 0 Å². The number of hydrogen-bond donors (Lipinski definition) is 0. The maximum absolute atomic E-state index is 14.6. The summed E-state index contributed by atoms with van der Waals surface area (Å²) in [6, 6.07) is 30.8. The van der Waals surface area contributed by atoms with E-state index in [0.29, 0.717) is 5.69 Å². The number of carbonyl (C=O) groups is 2. The van der Waals surface area contributed by atoms with Crippen LogP contribution in [0.4, 0.5) is 11.4 Å². The van der Waals surface area contributed by atoms with Gasteiger partial charge in [-0.2, -0.15) is 0 Å². The van der Waals surface area contributed by atoms with E-state index in [9.17, 15) is 9.59 Å². The lowest BCUT2D eigenvalue weighted by molar-refractivity contribution is -0.122. The van der Waals surface area contributed by atoms with Crippen LogP contribution in [0, 0.1) is 32.6 Å². The van der Waals surface area contributed by atoms with Crippen molar-refractivity contribution in [3.8, 4) is 0 Å². The molecule has 6 aliphatic rings. The minimum absolute atomic E-state index is 0.123. The second kappa shape index (κ2) is 8.09. The lowest BCUT2D eigenvalue weighted by atomic mass is 9.52. The molecule has 0 N–H and O–H groups in total. The average molecular weight is 497 g/mol. The minimum atomic E-state index is -0.873. The predicted molar refractivity (Wildman–Crippen MR) is 150 cm³/mol. The summed E-state index contributed by atoms with van der Waals surface area (Å²) in [6.07, 6.45) is 1.95. The summed E-state index contributed by atoms with van der Waals surface area (Å²) in [6.45, 7) is 6.04. The summed E-state index contributed by atoms with van der Waals surface area (Å²) in [5.74, 6) is -1.57. The molecular formula is C34H28N2O2. The molecule has 4 aromatic carbocycles. The molecule has 0 spiro atoms. The summed E-state index contributed by atoms with van der Waals surface area (Å²) < 4.78 is 0. The van der Waals surface area contributed by atoms with Crippen molar-refractivity contribution in [1.82, 2.24) is 0 Å². The van der Waals surface area contributed by atoms with Gasteiger partial charge in [-0.05, 0) is 66.8 Å². The number of nitrogens with zero attached hydrogens (tertiary/aromatic N) is 2. The molecule has 2 amide bonds. The van der Waals surface area contributed by atoms with Crippen molar-refractivity contribution in [2.24, 2.45) is 16.8 Å². The number of rotatable bonds is 3. The van der Waals surface area contributed by atoms with Crippen molar-refractivity contribution in [3.05, 3.63) is 130 Å². The Bertz CT molecular complexity index is 1650. The number of amides is 2. The van der Waals surface area contributed by atoms with E-state index in [0.717, 1.165) is 44.6 Å². The number of carbonyl (C=O) groups excluding carboxylic acids is 2. The Labute approximate surface area is 222 Å². The van der Waals surface area contributed by atoms with E-state index in [4.69, 9.17) is 4.99 Å². The summed E-state index contributed by atoms with van der Waals surface area (Å²) in [7, 11) is 0. The molecule has 5 aliphatic carbocycles. The highest BCUT2D eigenvalue weighted by atomic mass is 16.2. The number of hydrogen-bond acceptors (Lipinski definition) is 3. The molecule has 1 aliphatic heterocycles. The van der Waals surface area contributed by atoms with Crippen LogP contribution >= 0.6 is 0 Å². The molecule has 10 rings (SSSR count). The number of anilines is 1. The van der Waals surface area contributed by atoms with Crippen molar-refractivity contribution in [1.29, 1.82) is 0 Å². The summed E-state index contributed by atoms with van der Waals surface area (Å²) in [4.78, 5) is 35.4. The van der Waals surface area contributed by atoms with Gasteiger partial charge in [0.25, 0.3) is 0 Å². The molecule has 186 valence electrons. The molecule has 1 fully saturated rings. The molecule has 1 heterocycles. The molecule has 4 bridgehead atoms. The fraction of sp³-hybridized carbons (Fsp3) is 0.206. The summed E-state index contributed by atoms with van der Waals surface area (Å²) >= 11 is 0. The first-order chi connectivity index (χ1) is 18.4. The molecule has 0 radical (unpaired) electrons. The zero-order chi connectivity index (χ0) is 26.2. The van der Waals surface area contributed by atoms with Crippen molar-refractivity contribution in [2.75, 3.05) is 4.90 Å². The molecule has 4 nitrogen and oxygen atoms in total. The highest BCUT2D eigenvalue weighted by Gasteiger charge is 2.65. The Morgan fingerprint density at radius 3 is 2.24 bits per heavy atom. The maximum atomic E-state index is 14.6. The van der Waals surface area contributed by atoms with E-state index < -0.39 is 17.3 Å². The second-order valence-electron chi connectivity index (χ2n) is 11.0. The predicted octanol–water partition coefficient (Wildman–Crippen LogP) is 6.57. The first-order valence-electron chi connectivity index (χ1n) is 13.2. The van der Waals surface area contributed by atoms with Crippen LogP contribution in [0.2, 0.25) is 0 Å². The van der Waals surface area contributed by atoms with Crippen molar-refractivity contribution >= 4 is 29.4 Å². The minimum Gasteiger partial charge on any atom is -0.274 e. The van der Waals surface area contributed by atoms with Gasteiger partial charge in [0.15, 0.2) is 0 Å². The molecule has 0 unspecified atom stereocenters. The van der Waals surface area contributed by atoms with E-state index in [1.165, 1.54) is 4.90 Å². The first kappa shape index (κ1) is 22.9. The van der Waals surface area contributed by atoms with E-state index in [2.05, 4.69) is 43.3 Å². The van der Waals surface area contributed by atoms with Crippen LogP contribution in [0.15, 0.2) is 96.0 Å². The molecular weight excluding hydrogens is 468 g/mol. The lowest BCUT2D eigenvalue weighted by Crippen LogP contribution is -2.51. The van der Waals surface area contributed by atoms with Gasteiger partial charge in [0, 0.05) is 12.1 Å². The third-order valence-electron chi connectivity index (χ3n) is 8.73. The van der Waals surface area contributed by atoms with Gasteiger partial charge in [-0.25, -0.2) is 4.90 Å². The van der Waals surface area contributed by atoms with Crippen molar-refractivity contribution < 1.29 is 9.59 Å². The third-order valence-corrected chi connectivity index (χ3v) is 8.73.